The molecule has 4 nitrogen and oxygen atoms in total. The second-order valence-electron chi connectivity index (χ2n) is 5.21. The molecule has 0 aromatic heterocycles. The number of hydrogen-bond donors (Lipinski definition) is 1. The summed E-state index contributed by atoms with van der Waals surface area (Å²) in [6.45, 7) is 4.99. The summed E-state index contributed by atoms with van der Waals surface area (Å²) < 4.78 is 5.38. The van der Waals surface area contributed by atoms with E-state index in [4.69, 9.17) is 4.74 Å². The molecule has 0 amide bonds. The molecule has 4 heteroatoms. The molecule has 1 saturated heterocycles. The molecule has 0 aromatic rings. The van der Waals surface area contributed by atoms with Crippen molar-refractivity contribution in [2.24, 2.45) is 5.92 Å². The van der Waals surface area contributed by atoms with E-state index in [-0.39, 0.29) is 5.97 Å². The van der Waals surface area contributed by atoms with E-state index in [1.165, 1.54) is 32.1 Å². The molecule has 17 heavy (non-hydrogen) atoms. The molecule has 98 valence electrons. The highest BCUT2D eigenvalue weighted by Crippen LogP contribution is 2.23. The zero-order valence-electron chi connectivity index (χ0n) is 10.6. The molecule has 0 radical (unpaired) electrons. The van der Waals surface area contributed by atoms with Gasteiger partial charge in [0, 0.05) is 26.2 Å². The number of nitrogens with one attached hydrogen (secondary N) is 1. The second-order valence-corrected chi connectivity index (χ2v) is 5.21. The van der Waals surface area contributed by atoms with Gasteiger partial charge in [-0.05, 0) is 18.8 Å². The van der Waals surface area contributed by atoms with Gasteiger partial charge in [0.05, 0.1) is 13.2 Å². The van der Waals surface area contributed by atoms with Crippen LogP contribution in [0.15, 0.2) is 0 Å². The molecule has 0 bridgehead atoms. The Morgan fingerprint density at radius 1 is 1.18 bits per heavy atom. The maximum absolute atomic E-state index is 11.7. The van der Waals surface area contributed by atoms with Gasteiger partial charge < -0.3 is 10.1 Å². The summed E-state index contributed by atoms with van der Waals surface area (Å²) in [5.41, 5.74) is 0. The number of ether oxygens (including phenoxy) is 1. The van der Waals surface area contributed by atoms with Crippen LogP contribution in [0.25, 0.3) is 0 Å². The van der Waals surface area contributed by atoms with Crippen molar-refractivity contribution in [3.05, 3.63) is 0 Å². The number of carbonyl (C=O) groups is 1. The first-order valence-corrected chi connectivity index (χ1v) is 6.93. The van der Waals surface area contributed by atoms with E-state index < -0.39 is 0 Å². The van der Waals surface area contributed by atoms with Crippen LogP contribution >= 0.6 is 0 Å². The van der Waals surface area contributed by atoms with Crippen LogP contribution in [0.1, 0.15) is 32.1 Å². The zero-order valence-corrected chi connectivity index (χ0v) is 10.6. The maximum atomic E-state index is 11.7. The summed E-state index contributed by atoms with van der Waals surface area (Å²) >= 11 is 0. The van der Waals surface area contributed by atoms with Crippen molar-refractivity contribution in [3.8, 4) is 0 Å². The molecule has 2 fully saturated rings. The van der Waals surface area contributed by atoms with Crippen LogP contribution in [-0.4, -0.2) is 50.2 Å². The van der Waals surface area contributed by atoms with Gasteiger partial charge in [0.2, 0.25) is 0 Å². The first-order valence-electron chi connectivity index (χ1n) is 6.93. The topological polar surface area (TPSA) is 41.6 Å². The highest BCUT2D eigenvalue weighted by atomic mass is 16.5. The average Bonchev–Trinajstić information content (AvgIpc) is 2.39. The molecular weight excluding hydrogens is 216 g/mol. The average molecular weight is 240 g/mol. The van der Waals surface area contributed by atoms with Gasteiger partial charge in [0.15, 0.2) is 0 Å². The molecule has 1 saturated carbocycles. The molecule has 1 heterocycles. The van der Waals surface area contributed by atoms with E-state index in [0.717, 1.165) is 26.2 Å². The third-order valence-electron chi connectivity index (χ3n) is 3.77. The number of hydrogen-bond acceptors (Lipinski definition) is 4. The second kappa shape index (κ2) is 6.97. The van der Waals surface area contributed by atoms with Gasteiger partial charge >= 0.3 is 5.97 Å². The Bertz CT molecular complexity index is 234. The lowest BCUT2D eigenvalue weighted by Crippen LogP contribution is -2.45. The fourth-order valence-corrected chi connectivity index (χ4v) is 2.66. The van der Waals surface area contributed by atoms with Crippen LogP contribution in [-0.2, 0) is 9.53 Å². The smallest absolute Gasteiger partial charge is 0.320 e. The number of piperazine rings is 1. The monoisotopic (exact) mass is 240 g/mol. The lowest BCUT2D eigenvalue weighted by Gasteiger charge is -2.26. The fourth-order valence-electron chi connectivity index (χ4n) is 2.66. The Kier molecular flexibility index (Phi) is 5.26. The van der Waals surface area contributed by atoms with Gasteiger partial charge in [0.25, 0.3) is 0 Å². The zero-order chi connectivity index (χ0) is 11.9. The molecule has 0 unspecified atom stereocenters. The first-order chi connectivity index (χ1) is 8.34. The number of esters is 1. The van der Waals surface area contributed by atoms with Crippen LogP contribution in [0.4, 0.5) is 0 Å². The van der Waals surface area contributed by atoms with Crippen molar-refractivity contribution >= 4 is 5.97 Å². The van der Waals surface area contributed by atoms with Crippen molar-refractivity contribution in [3.63, 3.8) is 0 Å². The Balaban J connectivity index is 1.59. The van der Waals surface area contributed by atoms with E-state index in [9.17, 15) is 4.79 Å². The van der Waals surface area contributed by atoms with Crippen LogP contribution in [0, 0.1) is 5.92 Å². The lowest BCUT2D eigenvalue weighted by atomic mass is 9.90. The Hall–Kier alpha value is -0.610. The normalized spacial score (nSPS) is 23.5. The first kappa shape index (κ1) is 12.8. The molecule has 2 rings (SSSR count). The molecule has 1 N–H and O–H groups in total. The van der Waals surface area contributed by atoms with Gasteiger partial charge in [-0.25, -0.2) is 0 Å². The van der Waals surface area contributed by atoms with E-state index in [1.54, 1.807) is 0 Å². The van der Waals surface area contributed by atoms with Gasteiger partial charge in [-0.1, -0.05) is 19.3 Å². The van der Waals surface area contributed by atoms with Crippen molar-refractivity contribution in [2.45, 2.75) is 32.1 Å². The predicted molar refractivity (Wildman–Crippen MR) is 66.8 cm³/mol. The largest absolute Gasteiger partial charge is 0.464 e. The Labute approximate surface area is 104 Å². The minimum atomic E-state index is -0.0440. The number of nitrogens with zero attached hydrogens (tertiary/aromatic N) is 1. The molecule has 0 aromatic carbocycles. The van der Waals surface area contributed by atoms with Gasteiger partial charge in [0.1, 0.15) is 0 Å². The third-order valence-corrected chi connectivity index (χ3v) is 3.77. The quantitative estimate of drug-likeness (QED) is 0.745. The van der Waals surface area contributed by atoms with Crippen LogP contribution in [0.5, 0.6) is 0 Å². The van der Waals surface area contributed by atoms with Gasteiger partial charge in [-0.3, -0.25) is 9.69 Å². The van der Waals surface area contributed by atoms with Crippen LogP contribution < -0.4 is 5.32 Å². The molecule has 0 atom stereocenters. The summed E-state index contributed by atoms with van der Waals surface area (Å²) in [4.78, 5) is 13.8. The lowest BCUT2D eigenvalue weighted by molar-refractivity contribution is -0.146. The predicted octanol–water partition coefficient (Wildman–Crippen LogP) is 1.02. The summed E-state index contributed by atoms with van der Waals surface area (Å²) in [5.74, 6) is 0.577. The molecule has 2 aliphatic rings. The summed E-state index contributed by atoms with van der Waals surface area (Å²) in [7, 11) is 0. The molecule has 1 aliphatic carbocycles. The minimum absolute atomic E-state index is 0.0440. The maximum Gasteiger partial charge on any atom is 0.320 e. The summed E-state index contributed by atoms with van der Waals surface area (Å²) in [6, 6.07) is 0. The van der Waals surface area contributed by atoms with E-state index in [0.29, 0.717) is 19.1 Å². The fraction of sp³-hybridized carbons (Fsp3) is 0.923. The van der Waals surface area contributed by atoms with Gasteiger partial charge in [-0.2, -0.15) is 0 Å². The molecule has 0 spiro atoms. The Morgan fingerprint density at radius 3 is 2.59 bits per heavy atom. The summed E-state index contributed by atoms with van der Waals surface area (Å²) in [5, 5.41) is 3.28. The minimum Gasteiger partial charge on any atom is -0.464 e. The Morgan fingerprint density at radius 2 is 1.88 bits per heavy atom. The van der Waals surface area contributed by atoms with E-state index in [1.807, 2.05) is 0 Å². The summed E-state index contributed by atoms with van der Waals surface area (Å²) in [6.07, 6.45) is 6.44. The van der Waals surface area contributed by atoms with E-state index in [2.05, 4.69) is 10.2 Å². The van der Waals surface area contributed by atoms with Crippen molar-refractivity contribution in [1.29, 1.82) is 0 Å². The van der Waals surface area contributed by atoms with Gasteiger partial charge in [-0.15, -0.1) is 0 Å². The van der Waals surface area contributed by atoms with Crippen molar-refractivity contribution in [1.82, 2.24) is 10.2 Å². The molecule has 1 aliphatic heterocycles. The molecular formula is C13H24N2O2. The van der Waals surface area contributed by atoms with E-state index >= 15 is 0 Å². The number of carbonyl (C=O) groups excluding carboxylic acids is 1. The standard InChI is InChI=1S/C13H24N2O2/c16-13(10-15-8-6-14-7-9-15)17-11-12-4-2-1-3-5-12/h12,14H,1-11H2. The number of rotatable bonds is 4. The van der Waals surface area contributed by atoms with Crippen molar-refractivity contribution in [2.75, 3.05) is 39.3 Å². The van der Waals surface area contributed by atoms with Crippen LogP contribution in [0.3, 0.4) is 0 Å². The third kappa shape index (κ3) is 4.64. The highest BCUT2D eigenvalue weighted by Gasteiger charge is 2.17. The SMILES string of the molecule is O=C(CN1CCNCC1)OCC1CCCCC1. The van der Waals surface area contributed by atoms with Crippen molar-refractivity contribution < 1.29 is 9.53 Å². The highest BCUT2D eigenvalue weighted by molar-refractivity contribution is 5.71. The van der Waals surface area contributed by atoms with Crippen LogP contribution in [0.2, 0.25) is 0 Å².